The van der Waals surface area contributed by atoms with Crippen LogP contribution >= 0.6 is 0 Å². The van der Waals surface area contributed by atoms with E-state index in [-0.39, 0.29) is 0 Å². The van der Waals surface area contributed by atoms with E-state index in [1.54, 1.807) is 0 Å². The topological polar surface area (TPSA) is 21.3 Å². The molecule has 0 bridgehead atoms. The second-order valence-electron chi connectivity index (χ2n) is 4.60. The van der Waals surface area contributed by atoms with Crippen molar-refractivity contribution in [2.24, 2.45) is 0 Å². The molecule has 0 radical (unpaired) electrons. The number of nitrogens with one attached hydrogen (secondary N) is 1. The lowest BCUT2D eigenvalue weighted by atomic mass is 10.1. The van der Waals surface area contributed by atoms with Crippen molar-refractivity contribution in [3.05, 3.63) is 72.8 Å². The Bertz CT molecular complexity index is 522. The molecule has 0 amide bonds. The molecule has 0 saturated heterocycles. The van der Waals surface area contributed by atoms with Gasteiger partial charge in [-0.05, 0) is 36.6 Å². The summed E-state index contributed by atoms with van der Waals surface area (Å²) >= 11 is 0. The Labute approximate surface area is 121 Å². The highest BCUT2D eigenvalue weighted by Gasteiger charge is 2.00. The zero-order valence-corrected chi connectivity index (χ0v) is 11.7. The first-order valence-electron chi connectivity index (χ1n) is 7.00. The van der Waals surface area contributed by atoms with Gasteiger partial charge >= 0.3 is 0 Å². The van der Waals surface area contributed by atoms with Crippen LogP contribution in [0.3, 0.4) is 0 Å². The van der Waals surface area contributed by atoms with Gasteiger partial charge in [0, 0.05) is 12.2 Å². The van der Waals surface area contributed by atoms with E-state index in [4.69, 9.17) is 4.74 Å². The summed E-state index contributed by atoms with van der Waals surface area (Å²) in [5.74, 6) is 0.965. The third-order valence-electron chi connectivity index (χ3n) is 3.02. The van der Waals surface area contributed by atoms with Gasteiger partial charge in [0.25, 0.3) is 0 Å². The Balaban J connectivity index is 1.72. The number of allylic oxidation sites excluding steroid dienone is 1. The first-order valence-corrected chi connectivity index (χ1v) is 7.00. The summed E-state index contributed by atoms with van der Waals surface area (Å²) in [4.78, 5) is 0. The number of para-hydroxylation sites is 2. The number of hydrogen-bond donors (Lipinski definition) is 1. The molecule has 0 atom stereocenters. The van der Waals surface area contributed by atoms with Crippen molar-refractivity contribution in [2.45, 2.75) is 12.8 Å². The van der Waals surface area contributed by atoms with Gasteiger partial charge in [-0.1, -0.05) is 42.5 Å². The maximum absolute atomic E-state index is 5.84. The van der Waals surface area contributed by atoms with E-state index in [1.807, 2.05) is 42.5 Å². The molecule has 2 rings (SSSR count). The van der Waals surface area contributed by atoms with Gasteiger partial charge in [0.05, 0.1) is 6.61 Å². The van der Waals surface area contributed by atoms with Crippen molar-refractivity contribution in [2.75, 3.05) is 18.5 Å². The third kappa shape index (κ3) is 4.47. The zero-order valence-electron chi connectivity index (χ0n) is 11.7. The average Bonchev–Trinajstić information content (AvgIpc) is 2.50. The van der Waals surface area contributed by atoms with Crippen molar-refractivity contribution < 1.29 is 4.74 Å². The summed E-state index contributed by atoms with van der Waals surface area (Å²) in [6.45, 7) is 5.40. The van der Waals surface area contributed by atoms with Gasteiger partial charge in [0.15, 0.2) is 0 Å². The smallest absolute Gasteiger partial charge is 0.122 e. The van der Waals surface area contributed by atoms with Crippen molar-refractivity contribution in [1.29, 1.82) is 0 Å². The van der Waals surface area contributed by atoms with Crippen molar-refractivity contribution in [3.8, 4) is 5.75 Å². The van der Waals surface area contributed by atoms with Gasteiger partial charge in [-0.15, -0.1) is 6.58 Å². The van der Waals surface area contributed by atoms with E-state index < -0.39 is 0 Å². The molecule has 0 unspecified atom stereocenters. The molecule has 2 aromatic rings. The fraction of sp³-hybridized carbons (Fsp3) is 0.222. The highest BCUT2D eigenvalue weighted by molar-refractivity contribution is 5.42. The van der Waals surface area contributed by atoms with Crippen LogP contribution in [0, 0.1) is 0 Å². The van der Waals surface area contributed by atoms with Crippen LogP contribution in [-0.4, -0.2) is 13.2 Å². The molecule has 0 aliphatic heterocycles. The van der Waals surface area contributed by atoms with Crippen LogP contribution in [0.4, 0.5) is 5.69 Å². The summed E-state index contributed by atoms with van der Waals surface area (Å²) in [6, 6.07) is 18.4. The van der Waals surface area contributed by atoms with E-state index in [0.717, 1.165) is 30.8 Å². The Hall–Kier alpha value is -2.22. The first kappa shape index (κ1) is 14.2. The second kappa shape index (κ2) is 8.05. The maximum atomic E-state index is 5.84. The predicted molar refractivity (Wildman–Crippen MR) is 85.4 cm³/mol. The van der Waals surface area contributed by atoms with Crippen LogP contribution in [0.5, 0.6) is 5.75 Å². The van der Waals surface area contributed by atoms with Crippen molar-refractivity contribution in [1.82, 2.24) is 0 Å². The number of hydrogen-bond acceptors (Lipinski definition) is 2. The third-order valence-corrected chi connectivity index (χ3v) is 3.02. The Morgan fingerprint density at radius 1 is 1.00 bits per heavy atom. The predicted octanol–water partition coefficient (Wildman–Crippen LogP) is 4.30. The molecule has 104 valence electrons. The van der Waals surface area contributed by atoms with E-state index in [1.165, 1.54) is 5.56 Å². The van der Waals surface area contributed by atoms with Crippen LogP contribution in [0.2, 0.25) is 0 Å². The molecule has 0 aliphatic carbocycles. The minimum absolute atomic E-state index is 0.716. The molecular weight excluding hydrogens is 246 g/mol. The summed E-state index contributed by atoms with van der Waals surface area (Å²) in [7, 11) is 0. The fourth-order valence-electron chi connectivity index (χ4n) is 2.01. The van der Waals surface area contributed by atoms with Crippen LogP contribution in [0.1, 0.15) is 12.0 Å². The molecule has 0 fully saturated rings. The van der Waals surface area contributed by atoms with Crippen molar-refractivity contribution >= 4 is 5.69 Å². The van der Waals surface area contributed by atoms with Crippen LogP contribution in [-0.2, 0) is 6.42 Å². The SMILES string of the molecule is C=CCc1ccccc1OCCCNc1ccccc1. The lowest BCUT2D eigenvalue weighted by Crippen LogP contribution is -2.07. The second-order valence-corrected chi connectivity index (χ2v) is 4.60. The first-order chi connectivity index (χ1) is 9.90. The van der Waals surface area contributed by atoms with Gasteiger partial charge in [-0.2, -0.15) is 0 Å². The Morgan fingerprint density at radius 3 is 2.55 bits per heavy atom. The van der Waals surface area contributed by atoms with E-state index >= 15 is 0 Å². The van der Waals surface area contributed by atoms with Crippen LogP contribution < -0.4 is 10.1 Å². The number of anilines is 1. The molecular formula is C18H21NO. The molecule has 0 spiro atoms. The van der Waals surface area contributed by atoms with Crippen LogP contribution in [0.25, 0.3) is 0 Å². The molecule has 1 N–H and O–H groups in total. The lowest BCUT2D eigenvalue weighted by molar-refractivity contribution is 0.312. The zero-order chi connectivity index (χ0) is 14.0. The molecule has 0 aromatic heterocycles. The molecule has 0 saturated carbocycles. The molecule has 20 heavy (non-hydrogen) atoms. The van der Waals surface area contributed by atoms with E-state index in [0.29, 0.717) is 6.61 Å². The van der Waals surface area contributed by atoms with E-state index in [9.17, 15) is 0 Å². The summed E-state index contributed by atoms with van der Waals surface area (Å²) in [5, 5.41) is 3.37. The quantitative estimate of drug-likeness (QED) is 0.569. The lowest BCUT2D eigenvalue weighted by Gasteiger charge is -2.11. The number of ether oxygens (including phenoxy) is 1. The molecule has 2 aromatic carbocycles. The number of rotatable bonds is 8. The molecule has 0 aliphatic rings. The number of benzene rings is 2. The van der Waals surface area contributed by atoms with Gasteiger partial charge in [0.2, 0.25) is 0 Å². The Morgan fingerprint density at radius 2 is 1.75 bits per heavy atom. The van der Waals surface area contributed by atoms with Crippen LogP contribution in [0.15, 0.2) is 67.3 Å². The average molecular weight is 267 g/mol. The molecule has 2 nitrogen and oxygen atoms in total. The van der Waals surface area contributed by atoms with Gasteiger partial charge < -0.3 is 10.1 Å². The van der Waals surface area contributed by atoms with Gasteiger partial charge in [-0.25, -0.2) is 0 Å². The Kier molecular flexibility index (Phi) is 5.71. The highest BCUT2D eigenvalue weighted by Crippen LogP contribution is 2.18. The molecule has 0 heterocycles. The maximum Gasteiger partial charge on any atom is 0.122 e. The van der Waals surface area contributed by atoms with Crippen molar-refractivity contribution in [3.63, 3.8) is 0 Å². The van der Waals surface area contributed by atoms with Gasteiger partial charge in [-0.3, -0.25) is 0 Å². The fourth-order valence-corrected chi connectivity index (χ4v) is 2.01. The standard InChI is InChI=1S/C18H21NO/c1-2-9-16-10-6-7-13-18(16)20-15-8-14-19-17-11-4-3-5-12-17/h2-7,10-13,19H,1,8-9,14-15H2. The minimum Gasteiger partial charge on any atom is -0.493 e. The van der Waals surface area contributed by atoms with Gasteiger partial charge in [0.1, 0.15) is 5.75 Å². The summed E-state index contributed by atoms with van der Waals surface area (Å²) < 4.78 is 5.84. The monoisotopic (exact) mass is 267 g/mol. The largest absolute Gasteiger partial charge is 0.493 e. The van der Waals surface area contributed by atoms with E-state index in [2.05, 4.69) is 30.1 Å². The minimum atomic E-state index is 0.716. The summed E-state index contributed by atoms with van der Waals surface area (Å²) in [6.07, 6.45) is 3.72. The summed E-state index contributed by atoms with van der Waals surface area (Å²) in [5.41, 5.74) is 2.35. The molecule has 2 heteroatoms. The normalized spacial score (nSPS) is 10.0. The highest BCUT2D eigenvalue weighted by atomic mass is 16.5.